The molecule has 3 aromatic rings. The van der Waals surface area contributed by atoms with E-state index >= 15 is 0 Å². The van der Waals surface area contributed by atoms with E-state index in [2.05, 4.69) is 29.6 Å². The summed E-state index contributed by atoms with van der Waals surface area (Å²) < 4.78 is 5.47. The third-order valence-corrected chi connectivity index (χ3v) is 5.56. The summed E-state index contributed by atoms with van der Waals surface area (Å²) in [7, 11) is 0. The first-order valence-corrected chi connectivity index (χ1v) is 10.1. The molecule has 0 aromatic heterocycles. The molecule has 0 aliphatic heterocycles. The van der Waals surface area contributed by atoms with Gasteiger partial charge in [-0.3, -0.25) is 0 Å². The molecule has 30 heavy (non-hydrogen) atoms. The number of hydrogen-bond donors (Lipinski definition) is 3. The average molecular weight is 403 g/mol. The summed E-state index contributed by atoms with van der Waals surface area (Å²) in [6.07, 6.45) is -2.27. The highest BCUT2D eigenvalue weighted by Crippen LogP contribution is 2.44. The number of fused-ring (bicyclic) bond motifs is 3. The van der Waals surface area contributed by atoms with Gasteiger partial charge < -0.3 is 20.3 Å². The van der Waals surface area contributed by atoms with Gasteiger partial charge in [0.2, 0.25) is 0 Å². The van der Waals surface area contributed by atoms with Crippen molar-refractivity contribution in [2.75, 3.05) is 13.2 Å². The first kappa shape index (κ1) is 20.1. The molecular formula is C25H25NO4. The summed E-state index contributed by atoms with van der Waals surface area (Å²) in [5.74, 6) is 0.00800. The minimum atomic E-state index is -0.990. The molecule has 0 heterocycles. The molecule has 2 unspecified atom stereocenters. The molecule has 3 aromatic carbocycles. The van der Waals surface area contributed by atoms with Crippen LogP contribution in [-0.2, 0) is 4.74 Å². The zero-order valence-electron chi connectivity index (χ0n) is 16.6. The summed E-state index contributed by atoms with van der Waals surface area (Å²) in [5, 5.41) is 23.0. The second-order valence-corrected chi connectivity index (χ2v) is 7.46. The monoisotopic (exact) mass is 403 g/mol. The van der Waals surface area contributed by atoms with E-state index < -0.39 is 18.3 Å². The van der Waals surface area contributed by atoms with Gasteiger partial charge in [-0.2, -0.15) is 0 Å². The topological polar surface area (TPSA) is 78.8 Å². The van der Waals surface area contributed by atoms with Crippen LogP contribution in [0.4, 0.5) is 4.79 Å². The number of ether oxygens (including phenoxy) is 1. The highest BCUT2D eigenvalue weighted by molar-refractivity contribution is 5.79. The van der Waals surface area contributed by atoms with Crippen LogP contribution in [0.1, 0.15) is 35.1 Å². The number of aliphatic hydroxyl groups excluding tert-OH is 2. The van der Waals surface area contributed by atoms with Crippen LogP contribution in [0.2, 0.25) is 0 Å². The van der Waals surface area contributed by atoms with Crippen molar-refractivity contribution in [2.24, 2.45) is 0 Å². The molecule has 0 radical (unpaired) electrons. The molecule has 1 amide bonds. The molecule has 1 aliphatic rings. The van der Waals surface area contributed by atoms with Gasteiger partial charge in [0.05, 0.1) is 6.10 Å². The van der Waals surface area contributed by atoms with Crippen LogP contribution in [0, 0.1) is 0 Å². The SMILES string of the molecule is O=C(NCCC(O)C(O)c1ccccc1)OCC1c2ccccc2-c2ccccc21. The normalized spacial score (nSPS) is 14.5. The Morgan fingerprint density at radius 3 is 2.07 bits per heavy atom. The zero-order chi connectivity index (χ0) is 20.9. The first-order chi connectivity index (χ1) is 14.6. The Morgan fingerprint density at radius 2 is 1.43 bits per heavy atom. The number of hydrogen-bond acceptors (Lipinski definition) is 4. The molecule has 1 aliphatic carbocycles. The maximum atomic E-state index is 12.2. The summed E-state index contributed by atoms with van der Waals surface area (Å²) >= 11 is 0. The van der Waals surface area contributed by atoms with E-state index in [0.29, 0.717) is 5.56 Å². The Bertz CT molecular complexity index is 959. The molecule has 0 saturated heterocycles. The van der Waals surface area contributed by atoms with Gasteiger partial charge in [-0.05, 0) is 34.2 Å². The van der Waals surface area contributed by atoms with Gasteiger partial charge in [0.25, 0.3) is 0 Å². The number of carbonyl (C=O) groups excluding carboxylic acids is 1. The average Bonchev–Trinajstić information content (AvgIpc) is 3.11. The maximum Gasteiger partial charge on any atom is 0.407 e. The number of nitrogens with one attached hydrogen (secondary N) is 1. The Morgan fingerprint density at radius 1 is 0.867 bits per heavy atom. The lowest BCUT2D eigenvalue weighted by molar-refractivity contribution is 0.0137. The lowest BCUT2D eigenvalue weighted by Gasteiger charge is -2.18. The minimum Gasteiger partial charge on any atom is -0.449 e. The van der Waals surface area contributed by atoms with Crippen LogP contribution < -0.4 is 5.32 Å². The summed E-state index contributed by atoms with van der Waals surface area (Å²) in [5.41, 5.74) is 5.33. The number of aliphatic hydroxyl groups is 2. The molecule has 0 fully saturated rings. The summed E-state index contributed by atoms with van der Waals surface area (Å²) in [4.78, 5) is 12.2. The van der Waals surface area contributed by atoms with Crippen molar-refractivity contribution in [1.82, 2.24) is 5.32 Å². The van der Waals surface area contributed by atoms with E-state index in [1.807, 2.05) is 30.3 Å². The van der Waals surface area contributed by atoms with Crippen molar-refractivity contribution in [3.05, 3.63) is 95.6 Å². The van der Waals surface area contributed by atoms with Crippen LogP contribution in [0.25, 0.3) is 11.1 Å². The van der Waals surface area contributed by atoms with Crippen molar-refractivity contribution in [3.63, 3.8) is 0 Å². The highest BCUT2D eigenvalue weighted by Gasteiger charge is 2.29. The zero-order valence-corrected chi connectivity index (χ0v) is 16.6. The minimum absolute atomic E-state index is 0.00800. The van der Waals surface area contributed by atoms with E-state index in [-0.39, 0.29) is 25.5 Å². The molecular weight excluding hydrogens is 378 g/mol. The molecule has 2 atom stereocenters. The number of carbonyl (C=O) groups is 1. The summed E-state index contributed by atoms with van der Waals surface area (Å²) in [6.45, 7) is 0.455. The molecule has 5 heteroatoms. The smallest absolute Gasteiger partial charge is 0.407 e. The fourth-order valence-electron chi connectivity index (χ4n) is 4.00. The number of benzene rings is 3. The van der Waals surface area contributed by atoms with Gasteiger partial charge in [0.15, 0.2) is 0 Å². The van der Waals surface area contributed by atoms with E-state index in [0.717, 1.165) is 11.1 Å². The molecule has 0 bridgehead atoms. The fraction of sp³-hybridized carbons (Fsp3) is 0.240. The van der Waals surface area contributed by atoms with E-state index in [4.69, 9.17) is 4.74 Å². The Kier molecular flexibility index (Phi) is 6.12. The number of amides is 1. The second-order valence-electron chi connectivity index (χ2n) is 7.46. The molecule has 0 spiro atoms. The van der Waals surface area contributed by atoms with Gasteiger partial charge in [-0.1, -0.05) is 78.9 Å². The van der Waals surface area contributed by atoms with Crippen LogP contribution in [0.3, 0.4) is 0 Å². The van der Waals surface area contributed by atoms with Gasteiger partial charge in [-0.25, -0.2) is 4.79 Å². The molecule has 3 N–H and O–H groups in total. The van der Waals surface area contributed by atoms with Gasteiger partial charge in [0.1, 0.15) is 12.7 Å². The van der Waals surface area contributed by atoms with Crippen molar-refractivity contribution >= 4 is 6.09 Å². The van der Waals surface area contributed by atoms with Crippen molar-refractivity contribution < 1.29 is 19.7 Å². The van der Waals surface area contributed by atoms with Crippen LogP contribution in [0.5, 0.6) is 0 Å². The standard InChI is InChI=1S/C25H25NO4/c27-23(24(28)17-8-2-1-3-9-17)14-15-26-25(29)30-16-22-20-12-6-4-10-18(20)19-11-5-7-13-21(19)22/h1-13,22-24,27-28H,14-16H2,(H,26,29). The third-order valence-electron chi connectivity index (χ3n) is 5.56. The highest BCUT2D eigenvalue weighted by atomic mass is 16.5. The Hall–Kier alpha value is -3.15. The largest absolute Gasteiger partial charge is 0.449 e. The number of alkyl carbamates (subject to hydrolysis) is 1. The predicted molar refractivity (Wildman–Crippen MR) is 115 cm³/mol. The van der Waals surface area contributed by atoms with Crippen LogP contribution >= 0.6 is 0 Å². The molecule has 5 nitrogen and oxygen atoms in total. The van der Waals surface area contributed by atoms with Crippen molar-refractivity contribution in [3.8, 4) is 11.1 Å². The number of rotatable bonds is 7. The predicted octanol–water partition coefficient (Wildman–Crippen LogP) is 4.01. The third kappa shape index (κ3) is 4.22. The quantitative estimate of drug-likeness (QED) is 0.557. The second kappa shape index (κ2) is 9.11. The Balaban J connectivity index is 1.28. The maximum absolute atomic E-state index is 12.2. The molecule has 4 rings (SSSR count). The Labute approximate surface area is 176 Å². The fourth-order valence-corrected chi connectivity index (χ4v) is 4.00. The van der Waals surface area contributed by atoms with Gasteiger partial charge >= 0.3 is 6.09 Å². The van der Waals surface area contributed by atoms with Crippen molar-refractivity contribution in [2.45, 2.75) is 24.5 Å². The first-order valence-electron chi connectivity index (χ1n) is 10.1. The van der Waals surface area contributed by atoms with E-state index in [9.17, 15) is 15.0 Å². The van der Waals surface area contributed by atoms with Gasteiger partial charge in [-0.15, -0.1) is 0 Å². The van der Waals surface area contributed by atoms with Crippen LogP contribution in [-0.4, -0.2) is 35.6 Å². The van der Waals surface area contributed by atoms with Crippen LogP contribution in [0.15, 0.2) is 78.9 Å². The van der Waals surface area contributed by atoms with Crippen molar-refractivity contribution in [1.29, 1.82) is 0 Å². The van der Waals surface area contributed by atoms with Gasteiger partial charge in [0, 0.05) is 12.5 Å². The lowest BCUT2D eigenvalue weighted by Crippen LogP contribution is -2.30. The van der Waals surface area contributed by atoms with E-state index in [1.54, 1.807) is 24.3 Å². The summed E-state index contributed by atoms with van der Waals surface area (Å²) in [6, 6.07) is 25.3. The molecule has 0 saturated carbocycles. The lowest BCUT2D eigenvalue weighted by atomic mass is 9.98. The van der Waals surface area contributed by atoms with E-state index in [1.165, 1.54) is 11.1 Å². The molecule has 154 valence electrons.